The molecule has 1 aliphatic rings. The zero-order valence-electron chi connectivity index (χ0n) is 9.35. The number of carbonyl (C=O) groups excluding carboxylic acids is 3. The van der Waals surface area contributed by atoms with Gasteiger partial charge >= 0.3 is 11.9 Å². The minimum absolute atomic E-state index is 0.0250. The van der Waals surface area contributed by atoms with Gasteiger partial charge in [-0.05, 0) is 19.6 Å². The first kappa shape index (κ1) is 13.0. The molecule has 0 saturated heterocycles. The predicted octanol–water partition coefficient (Wildman–Crippen LogP) is -1.35. The number of hydrogen-bond donors (Lipinski definition) is 0. The van der Waals surface area contributed by atoms with E-state index in [0.717, 1.165) is 0 Å². The molecule has 1 rings (SSSR count). The van der Waals surface area contributed by atoms with Gasteiger partial charge in [0.2, 0.25) is 11.5 Å². The molecule has 0 aromatic rings. The van der Waals surface area contributed by atoms with Gasteiger partial charge in [0.15, 0.2) is 0 Å². The molecule has 94 valence electrons. The van der Waals surface area contributed by atoms with Crippen LogP contribution in [-0.4, -0.2) is 37.0 Å². The van der Waals surface area contributed by atoms with Gasteiger partial charge in [0.05, 0.1) is 13.2 Å². The Kier molecular flexibility index (Phi) is 4.08. The van der Waals surface area contributed by atoms with Crippen LogP contribution in [0, 0.1) is 0 Å². The van der Waals surface area contributed by atoms with E-state index in [1.807, 2.05) is 0 Å². The van der Waals surface area contributed by atoms with Crippen molar-refractivity contribution in [1.29, 1.82) is 0 Å². The lowest BCUT2D eigenvalue weighted by molar-refractivity contribution is -0.299. The van der Waals surface area contributed by atoms with Crippen molar-refractivity contribution in [1.82, 2.24) is 0 Å². The summed E-state index contributed by atoms with van der Waals surface area (Å²) in [4.78, 5) is 33.8. The molecule has 0 aromatic heterocycles. The first-order valence-corrected chi connectivity index (χ1v) is 4.98. The van der Waals surface area contributed by atoms with E-state index in [1.165, 1.54) is 13.8 Å². The van der Waals surface area contributed by atoms with E-state index in [2.05, 4.69) is 14.2 Å². The van der Waals surface area contributed by atoms with Crippen molar-refractivity contribution in [2.75, 3.05) is 13.2 Å². The quantitative estimate of drug-likeness (QED) is 0.444. The third-order valence-electron chi connectivity index (χ3n) is 1.87. The van der Waals surface area contributed by atoms with E-state index in [4.69, 9.17) is 0 Å². The Morgan fingerprint density at radius 2 is 1.88 bits per heavy atom. The molecule has 1 unspecified atom stereocenters. The van der Waals surface area contributed by atoms with Gasteiger partial charge < -0.3 is 19.3 Å². The highest BCUT2D eigenvalue weighted by Gasteiger charge is 2.39. The molecule has 7 nitrogen and oxygen atoms in total. The van der Waals surface area contributed by atoms with Gasteiger partial charge in [-0.2, -0.15) is 0 Å². The third kappa shape index (κ3) is 2.55. The summed E-state index contributed by atoms with van der Waals surface area (Å²) in [5.41, 5.74) is 0. The summed E-state index contributed by atoms with van der Waals surface area (Å²) < 4.78 is 13.7. The van der Waals surface area contributed by atoms with Crippen molar-refractivity contribution < 1.29 is 33.7 Å². The molecule has 0 bridgehead atoms. The number of ether oxygens (including phenoxy) is 3. The van der Waals surface area contributed by atoms with E-state index in [1.54, 1.807) is 0 Å². The Labute approximate surface area is 96.9 Å². The normalized spacial score (nSPS) is 18.9. The second kappa shape index (κ2) is 5.33. The Bertz CT molecular complexity index is 382. The number of esters is 2. The molecule has 0 amide bonds. The molecule has 0 radical (unpaired) electrons. The van der Waals surface area contributed by atoms with Gasteiger partial charge in [-0.15, -0.1) is 0 Å². The molecule has 17 heavy (non-hydrogen) atoms. The van der Waals surface area contributed by atoms with Crippen LogP contribution < -0.4 is 5.11 Å². The number of hydrogen-bond acceptors (Lipinski definition) is 7. The van der Waals surface area contributed by atoms with E-state index < -0.39 is 35.3 Å². The van der Waals surface area contributed by atoms with Crippen molar-refractivity contribution in [3.63, 3.8) is 0 Å². The molecule has 1 aliphatic heterocycles. The first-order valence-electron chi connectivity index (χ1n) is 4.98. The average molecular weight is 243 g/mol. The molecule has 0 saturated carbocycles. The molecule has 0 aromatic carbocycles. The van der Waals surface area contributed by atoms with Gasteiger partial charge in [0.25, 0.3) is 6.10 Å². The highest BCUT2D eigenvalue weighted by atomic mass is 16.6. The van der Waals surface area contributed by atoms with Crippen molar-refractivity contribution in [2.45, 2.75) is 20.0 Å². The maximum absolute atomic E-state index is 11.3. The molecule has 0 spiro atoms. The standard InChI is InChI=1S/C10H12O7/c1-3-15-9(13)7-5(11)6(12)8(17-7)10(14)16-4-2/h7,12H,3-4H2,1-2H3/p-1. The van der Waals surface area contributed by atoms with Crippen molar-refractivity contribution in [3.05, 3.63) is 11.5 Å². The van der Waals surface area contributed by atoms with E-state index >= 15 is 0 Å². The van der Waals surface area contributed by atoms with Crippen LogP contribution in [0.25, 0.3) is 0 Å². The summed E-state index contributed by atoms with van der Waals surface area (Å²) >= 11 is 0. The van der Waals surface area contributed by atoms with Gasteiger partial charge in [0.1, 0.15) is 0 Å². The fourth-order valence-corrected chi connectivity index (χ4v) is 1.17. The van der Waals surface area contributed by atoms with Crippen LogP contribution >= 0.6 is 0 Å². The number of carbonyl (C=O) groups is 3. The molecule has 7 heteroatoms. The van der Waals surface area contributed by atoms with E-state index in [-0.39, 0.29) is 13.2 Å². The fraction of sp³-hybridized carbons (Fsp3) is 0.500. The topological polar surface area (TPSA) is 102 Å². The number of Topliss-reactive ketones (excluding diaryl/α,β-unsaturated/α-hetero) is 1. The molecule has 0 N–H and O–H groups in total. The van der Waals surface area contributed by atoms with Gasteiger partial charge in [-0.1, -0.05) is 0 Å². The summed E-state index contributed by atoms with van der Waals surface area (Å²) in [7, 11) is 0. The second-order valence-corrected chi connectivity index (χ2v) is 2.99. The molecule has 0 aliphatic carbocycles. The lowest BCUT2D eigenvalue weighted by atomic mass is 10.2. The monoisotopic (exact) mass is 243 g/mol. The molecular formula is C10H11O7-. The maximum Gasteiger partial charge on any atom is 0.373 e. The van der Waals surface area contributed by atoms with Gasteiger partial charge in [-0.25, -0.2) is 9.59 Å². The average Bonchev–Trinajstić information content (AvgIpc) is 2.57. The second-order valence-electron chi connectivity index (χ2n) is 2.99. The van der Waals surface area contributed by atoms with Crippen molar-refractivity contribution >= 4 is 17.7 Å². The highest BCUT2D eigenvalue weighted by Crippen LogP contribution is 2.20. The van der Waals surface area contributed by atoms with Crippen LogP contribution in [0.15, 0.2) is 11.5 Å². The molecular weight excluding hydrogens is 232 g/mol. The Balaban J connectivity index is 2.81. The fourth-order valence-electron chi connectivity index (χ4n) is 1.17. The first-order chi connectivity index (χ1) is 8.02. The van der Waals surface area contributed by atoms with Crippen LogP contribution in [0.5, 0.6) is 0 Å². The zero-order chi connectivity index (χ0) is 13.0. The van der Waals surface area contributed by atoms with Crippen LogP contribution in [0.1, 0.15) is 13.8 Å². The van der Waals surface area contributed by atoms with E-state index in [0.29, 0.717) is 0 Å². The minimum Gasteiger partial charge on any atom is -0.867 e. The van der Waals surface area contributed by atoms with Crippen LogP contribution in [0.4, 0.5) is 0 Å². The number of rotatable bonds is 4. The minimum atomic E-state index is -1.69. The predicted molar refractivity (Wildman–Crippen MR) is 50.2 cm³/mol. The Morgan fingerprint density at radius 3 is 2.41 bits per heavy atom. The molecule has 1 atom stereocenters. The SMILES string of the molecule is CCOC(=O)C1=C([O-])C(=O)C(C(=O)OCC)O1. The van der Waals surface area contributed by atoms with Crippen molar-refractivity contribution in [2.24, 2.45) is 0 Å². The number of ketones is 1. The zero-order valence-corrected chi connectivity index (χ0v) is 9.35. The summed E-state index contributed by atoms with van der Waals surface area (Å²) in [5.74, 6) is -5.11. The van der Waals surface area contributed by atoms with E-state index in [9.17, 15) is 19.5 Å². The Morgan fingerprint density at radius 1 is 1.29 bits per heavy atom. The van der Waals surface area contributed by atoms with Crippen molar-refractivity contribution in [3.8, 4) is 0 Å². The summed E-state index contributed by atoms with van der Waals surface area (Å²) in [5, 5.41) is 11.3. The van der Waals surface area contributed by atoms with Crippen LogP contribution in [-0.2, 0) is 28.6 Å². The third-order valence-corrected chi connectivity index (χ3v) is 1.87. The Hall–Kier alpha value is -2.05. The largest absolute Gasteiger partial charge is 0.867 e. The lowest BCUT2D eigenvalue weighted by Gasteiger charge is -2.09. The summed E-state index contributed by atoms with van der Waals surface area (Å²) in [6.07, 6.45) is -1.69. The summed E-state index contributed by atoms with van der Waals surface area (Å²) in [6, 6.07) is 0. The molecule has 1 heterocycles. The van der Waals surface area contributed by atoms with Gasteiger partial charge in [0, 0.05) is 0 Å². The van der Waals surface area contributed by atoms with Crippen LogP contribution in [0.2, 0.25) is 0 Å². The highest BCUT2D eigenvalue weighted by molar-refractivity contribution is 6.14. The summed E-state index contributed by atoms with van der Waals surface area (Å²) in [6.45, 7) is 3.13. The van der Waals surface area contributed by atoms with Gasteiger partial charge in [-0.3, -0.25) is 4.79 Å². The molecule has 0 fully saturated rings. The maximum atomic E-state index is 11.3. The lowest BCUT2D eigenvalue weighted by Crippen LogP contribution is -2.32. The smallest absolute Gasteiger partial charge is 0.373 e. The van der Waals surface area contributed by atoms with Crippen LogP contribution in [0.3, 0.4) is 0 Å².